The number of benzene rings is 2. The molecule has 0 amide bonds. The lowest BCUT2D eigenvalue weighted by atomic mass is 10.0. The number of halogens is 1. The van der Waals surface area contributed by atoms with Crippen molar-refractivity contribution < 1.29 is 9.53 Å². The lowest BCUT2D eigenvalue weighted by Crippen LogP contribution is -1.88. The Morgan fingerprint density at radius 2 is 1.94 bits per heavy atom. The van der Waals surface area contributed by atoms with Gasteiger partial charge in [-0.25, -0.2) is 0 Å². The fourth-order valence-electron chi connectivity index (χ4n) is 1.67. The Labute approximate surface area is 105 Å². The molecule has 0 spiro atoms. The van der Waals surface area contributed by atoms with E-state index in [2.05, 4.69) is 0 Å². The standard InChI is InChI=1S/C14H11ClO2/c1-17-14-5-3-2-4-12(14)10-6-7-11(9-16)13(15)8-10/h2-9H,1H3. The number of hydrogen-bond acceptors (Lipinski definition) is 2. The van der Waals surface area contributed by atoms with Crippen LogP contribution in [0.2, 0.25) is 5.02 Å². The van der Waals surface area contributed by atoms with Crippen molar-refractivity contribution in [3.05, 3.63) is 53.1 Å². The van der Waals surface area contributed by atoms with Gasteiger partial charge in [-0.1, -0.05) is 35.9 Å². The van der Waals surface area contributed by atoms with Crippen molar-refractivity contribution in [1.82, 2.24) is 0 Å². The largest absolute Gasteiger partial charge is 0.496 e. The molecule has 0 saturated heterocycles. The van der Waals surface area contributed by atoms with Crippen LogP contribution in [0.4, 0.5) is 0 Å². The summed E-state index contributed by atoms with van der Waals surface area (Å²) in [5.41, 5.74) is 2.37. The van der Waals surface area contributed by atoms with E-state index < -0.39 is 0 Å². The summed E-state index contributed by atoms with van der Waals surface area (Å²) in [6.07, 6.45) is 0.744. The average molecular weight is 247 g/mol. The summed E-state index contributed by atoms with van der Waals surface area (Å²) in [5.74, 6) is 0.780. The van der Waals surface area contributed by atoms with Crippen LogP contribution in [-0.2, 0) is 0 Å². The van der Waals surface area contributed by atoms with E-state index >= 15 is 0 Å². The van der Waals surface area contributed by atoms with Crippen molar-refractivity contribution in [2.75, 3.05) is 7.11 Å². The Kier molecular flexibility index (Phi) is 3.45. The van der Waals surface area contributed by atoms with Gasteiger partial charge < -0.3 is 4.74 Å². The van der Waals surface area contributed by atoms with E-state index in [0.29, 0.717) is 10.6 Å². The van der Waals surface area contributed by atoms with E-state index in [1.807, 2.05) is 30.3 Å². The molecule has 0 fully saturated rings. The molecular formula is C14H11ClO2. The second-order valence-electron chi connectivity index (χ2n) is 3.55. The molecule has 86 valence electrons. The van der Waals surface area contributed by atoms with Crippen molar-refractivity contribution >= 4 is 17.9 Å². The minimum atomic E-state index is 0.448. The average Bonchev–Trinajstić information content (AvgIpc) is 2.38. The molecule has 0 atom stereocenters. The van der Waals surface area contributed by atoms with E-state index in [1.165, 1.54) is 0 Å². The van der Waals surface area contributed by atoms with Crippen molar-refractivity contribution in [1.29, 1.82) is 0 Å². The van der Waals surface area contributed by atoms with E-state index in [9.17, 15) is 4.79 Å². The van der Waals surface area contributed by atoms with Gasteiger partial charge in [0.1, 0.15) is 5.75 Å². The number of ether oxygens (including phenoxy) is 1. The predicted molar refractivity (Wildman–Crippen MR) is 68.8 cm³/mol. The Balaban J connectivity index is 2.53. The molecule has 0 unspecified atom stereocenters. The van der Waals surface area contributed by atoms with Crippen LogP contribution in [-0.4, -0.2) is 13.4 Å². The van der Waals surface area contributed by atoms with Crippen LogP contribution in [0.25, 0.3) is 11.1 Å². The van der Waals surface area contributed by atoms with E-state index in [0.717, 1.165) is 23.2 Å². The summed E-state index contributed by atoms with van der Waals surface area (Å²) in [6, 6.07) is 13.0. The molecule has 0 saturated carbocycles. The van der Waals surface area contributed by atoms with Crippen molar-refractivity contribution in [3.63, 3.8) is 0 Å². The summed E-state index contributed by atoms with van der Waals surface area (Å²) in [6.45, 7) is 0. The summed E-state index contributed by atoms with van der Waals surface area (Å²) in [7, 11) is 1.63. The smallest absolute Gasteiger partial charge is 0.151 e. The lowest BCUT2D eigenvalue weighted by molar-refractivity contribution is 0.112. The number of carbonyl (C=O) groups is 1. The number of para-hydroxylation sites is 1. The second-order valence-corrected chi connectivity index (χ2v) is 3.96. The zero-order chi connectivity index (χ0) is 12.3. The fraction of sp³-hybridized carbons (Fsp3) is 0.0714. The highest BCUT2D eigenvalue weighted by Gasteiger charge is 2.07. The highest BCUT2D eigenvalue weighted by molar-refractivity contribution is 6.33. The molecule has 17 heavy (non-hydrogen) atoms. The molecule has 0 N–H and O–H groups in total. The van der Waals surface area contributed by atoms with Gasteiger partial charge in [0, 0.05) is 11.1 Å². The monoisotopic (exact) mass is 246 g/mol. The van der Waals surface area contributed by atoms with Gasteiger partial charge in [-0.05, 0) is 23.8 Å². The molecule has 0 heterocycles. The van der Waals surface area contributed by atoms with Crippen LogP contribution in [0.15, 0.2) is 42.5 Å². The topological polar surface area (TPSA) is 26.3 Å². The number of hydrogen-bond donors (Lipinski definition) is 0. The van der Waals surface area contributed by atoms with Gasteiger partial charge in [0.25, 0.3) is 0 Å². The minimum absolute atomic E-state index is 0.448. The molecule has 0 aromatic heterocycles. The van der Waals surface area contributed by atoms with Crippen LogP contribution >= 0.6 is 11.6 Å². The normalized spacial score (nSPS) is 10.0. The zero-order valence-corrected chi connectivity index (χ0v) is 10.1. The van der Waals surface area contributed by atoms with Gasteiger partial charge >= 0.3 is 0 Å². The van der Waals surface area contributed by atoms with E-state index in [-0.39, 0.29) is 0 Å². The predicted octanol–water partition coefficient (Wildman–Crippen LogP) is 3.83. The first-order valence-corrected chi connectivity index (χ1v) is 5.52. The highest BCUT2D eigenvalue weighted by atomic mass is 35.5. The van der Waals surface area contributed by atoms with Crippen LogP contribution in [0.5, 0.6) is 5.75 Å². The van der Waals surface area contributed by atoms with Gasteiger partial charge in [-0.15, -0.1) is 0 Å². The molecule has 2 aromatic carbocycles. The third kappa shape index (κ3) is 2.32. The summed E-state index contributed by atoms with van der Waals surface area (Å²) in [5, 5.41) is 0.448. The van der Waals surface area contributed by atoms with Crippen molar-refractivity contribution in [2.45, 2.75) is 0 Å². The first-order chi connectivity index (χ1) is 8.26. The van der Waals surface area contributed by atoms with Crippen molar-refractivity contribution in [3.8, 4) is 16.9 Å². The van der Waals surface area contributed by atoms with Crippen molar-refractivity contribution in [2.24, 2.45) is 0 Å². The van der Waals surface area contributed by atoms with Crippen LogP contribution in [0, 0.1) is 0 Å². The summed E-state index contributed by atoms with van der Waals surface area (Å²) < 4.78 is 5.28. The fourth-order valence-corrected chi connectivity index (χ4v) is 1.90. The molecule has 0 aliphatic carbocycles. The maximum absolute atomic E-state index is 10.7. The Morgan fingerprint density at radius 3 is 2.59 bits per heavy atom. The third-order valence-corrected chi connectivity index (χ3v) is 2.87. The van der Waals surface area contributed by atoms with Gasteiger partial charge in [0.2, 0.25) is 0 Å². The maximum atomic E-state index is 10.7. The number of methoxy groups -OCH3 is 1. The van der Waals surface area contributed by atoms with Gasteiger partial charge in [-0.2, -0.15) is 0 Å². The SMILES string of the molecule is COc1ccccc1-c1ccc(C=O)c(Cl)c1. The first kappa shape index (κ1) is 11.7. The van der Waals surface area contributed by atoms with Gasteiger partial charge in [-0.3, -0.25) is 4.79 Å². The molecule has 0 radical (unpaired) electrons. The van der Waals surface area contributed by atoms with Gasteiger partial charge in [0.15, 0.2) is 6.29 Å². The van der Waals surface area contributed by atoms with Crippen LogP contribution in [0.1, 0.15) is 10.4 Å². The minimum Gasteiger partial charge on any atom is -0.496 e. The Bertz CT molecular complexity index is 550. The quantitative estimate of drug-likeness (QED) is 0.770. The summed E-state index contributed by atoms with van der Waals surface area (Å²) in [4.78, 5) is 10.7. The third-order valence-electron chi connectivity index (χ3n) is 2.55. The maximum Gasteiger partial charge on any atom is 0.151 e. The highest BCUT2D eigenvalue weighted by Crippen LogP contribution is 2.31. The van der Waals surface area contributed by atoms with Gasteiger partial charge in [0.05, 0.1) is 12.1 Å². The molecule has 3 heteroatoms. The molecule has 2 rings (SSSR count). The molecule has 0 bridgehead atoms. The number of carbonyl (C=O) groups excluding carboxylic acids is 1. The van der Waals surface area contributed by atoms with Crippen LogP contribution in [0.3, 0.4) is 0 Å². The number of aldehydes is 1. The molecule has 2 aromatic rings. The Morgan fingerprint density at radius 1 is 1.18 bits per heavy atom. The first-order valence-electron chi connectivity index (χ1n) is 5.14. The second kappa shape index (κ2) is 5.02. The molecular weight excluding hydrogens is 236 g/mol. The van der Waals surface area contributed by atoms with E-state index in [1.54, 1.807) is 19.2 Å². The molecule has 2 nitrogen and oxygen atoms in total. The molecule has 0 aliphatic rings. The molecule has 0 aliphatic heterocycles. The van der Waals surface area contributed by atoms with Crippen LogP contribution < -0.4 is 4.74 Å². The Hall–Kier alpha value is -1.80. The summed E-state index contributed by atoms with van der Waals surface area (Å²) >= 11 is 6.00. The van der Waals surface area contributed by atoms with E-state index in [4.69, 9.17) is 16.3 Å². The lowest BCUT2D eigenvalue weighted by Gasteiger charge is -2.09. The zero-order valence-electron chi connectivity index (χ0n) is 9.31. The number of rotatable bonds is 3.